The molecule has 0 spiro atoms. The Morgan fingerprint density at radius 3 is 2.05 bits per heavy atom. The average Bonchev–Trinajstić information content (AvgIpc) is 3.66. The standard InChI is InChI=1S/C20H22ClN5O2.C11H7ClN4/c1-20(2,3)28-19(27)25-9-13(10-25)11-26-12-15(8-23-26)14-6-17-16(22-7-14)4-5-18(21)24-17;12-11-2-1-9-10(16-11)3-7(4-13-9)8-5-14-15-6-8/h4-8,12-13H,9-11H2,1-3H3;1-6H,(H,14,15). The van der Waals surface area contributed by atoms with Gasteiger partial charge in [0.25, 0.3) is 0 Å². The third kappa shape index (κ3) is 6.95. The number of carbonyl (C=O) groups excluding carboxylic acids is 1. The molecule has 0 aromatic carbocycles. The van der Waals surface area contributed by atoms with E-state index in [1.165, 1.54) is 0 Å². The Morgan fingerprint density at radius 1 is 0.864 bits per heavy atom. The highest BCUT2D eigenvalue weighted by atomic mass is 35.5. The topological polar surface area (TPSA) is 128 Å². The van der Waals surface area contributed by atoms with Crippen LogP contribution in [0.5, 0.6) is 0 Å². The Labute approximate surface area is 263 Å². The highest BCUT2D eigenvalue weighted by Gasteiger charge is 2.33. The predicted octanol–water partition coefficient (Wildman–Crippen LogP) is 6.69. The molecule has 1 N–H and O–H groups in total. The van der Waals surface area contributed by atoms with E-state index in [1.54, 1.807) is 29.4 Å². The van der Waals surface area contributed by atoms with Gasteiger partial charge in [-0.3, -0.25) is 19.7 Å². The minimum Gasteiger partial charge on any atom is -0.444 e. The highest BCUT2D eigenvalue weighted by molar-refractivity contribution is 6.30. The lowest BCUT2D eigenvalue weighted by atomic mass is 10.0. The predicted molar refractivity (Wildman–Crippen MR) is 169 cm³/mol. The van der Waals surface area contributed by atoms with Crippen LogP contribution >= 0.6 is 23.2 Å². The van der Waals surface area contributed by atoms with E-state index in [-0.39, 0.29) is 6.09 Å². The molecule has 11 nitrogen and oxygen atoms in total. The molecule has 0 saturated carbocycles. The lowest BCUT2D eigenvalue weighted by Crippen LogP contribution is -2.52. The average molecular weight is 631 g/mol. The summed E-state index contributed by atoms with van der Waals surface area (Å²) in [4.78, 5) is 31.0. The largest absolute Gasteiger partial charge is 0.444 e. The number of nitrogens with one attached hydrogen (secondary N) is 1. The Kier molecular flexibility index (Phi) is 8.15. The number of fused-ring (bicyclic) bond motifs is 2. The first-order valence-electron chi connectivity index (χ1n) is 13.9. The van der Waals surface area contributed by atoms with Crippen molar-refractivity contribution in [1.82, 2.24) is 44.8 Å². The fraction of sp³-hybridized carbons (Fsp3) is 0.258. The Bertz CT molecular complexity index is 1930. The quantitative estimate of drug-likeness (QED) is 0.214. The number of pyridine rings is 4. The lowest BCUT2D eigenvalue weighted by molar-refractivity contribution is -0.00383. The van der Waals surface area contributed by atoms with Gasteiger partial charge >= 0.3 is 6.09 Å². The molecule has 7 heterocycles. The molecule has 6 aromatic heterocycles. The van der Waals surface area contributed by atoms with Gasteiger partial charge in [0.1, 0.15) is 15.9 Å². The van der Waals surface area contributed by atoms with Gasteiger partial charge in [-0.05, 0) is 57.2 Å². The van der Waals surface area contributed by atoms with Gasteiger partial charge in [-0.25, -0.2) is 14.8 Å². The fourth-order valence-electron chi connectivity index (χ4n) is 4.73. The van der Waals surface area contributed by atoms with Gasteiger partial charge in [-0.2, -0.15) is 10.2 Å². The molecule has 1 fully saturated rings. The van der Waals surface area contributed by atoms with Crippen LogP contribution in [0.15, 0.2) is 73.6 Å². The van der Waals surface area contributed by atoms with Gasteiger partial charge in [0.2, 0.25) is 0 Å². The van der Waals surface area contributed by atoms with E-state index in [1.807, 2.05) is 74.5 Å². The normalized spacial score (nSPS) is 13.4. The van der Waals surface area contributed by atoms with Gasteiger partial charge in [0, 0.05) is 72.6 Å². The fourth-order valence-corrected chi connectivity index (χ4v) is 5.03. The van der Waals surface area contributed by atoms with E-state index in [0.29, 0.717) is 29.3 Å². The van der Waals surface area contributed by atoms with E-state index in [0.717, 1.165) is 50.9 Å². The number of halogens is 2. The van der Waals surface area contributed by atoms with E-state index in [2.05, 4.69) is 35.2 Å². The SMILES string of the molecule is CC(C)(C)OC(=O)N1CC(Cn2cc(-c3cnc4ccc(Cl)nc4c3)cn2)C1.Clc1ccc2ncc(-c3cn[nH]c3)cc2n1. The summed E-state index contributed by atoms with van der Waals surface area (Å²) < 4.78 is 7.29. The number of H-pyrrole nitrogens is 1. The van der Waals surface area contributed by atoms with Crippen molar-refractivity contribution >= 4 is 51.4 Å². The summed E-state index contributed by atoms with van der Waals surface area (Å²) in [5.41, 5.74) is 6.57. The molecule has 1 aliphatic rings. The number of hydrogen-bond acceptors (Lipinski definition) is 8. The maximum atomic E-state index is 12.0. The minimum atomic E-state index is -0.466. The second-order valence-corrected chi connectivity index (χ2v) is 12.3. The van der Waals surface area contributed by atoms with Crippen LogP contribution < -0.4 is 0 Å². The Morgan fingerprint density at radius 2 is 1.48 bits per heavy atom. The van der Waals surface area contributed by atoms with Crippen LogP contribution in [0.25, 0.3) is 44.3 Å². The summed E-state index contributed by atoms with van der Waals surface area (Å²) in [6, 6.07) is 11.1. The maximum Gasteiger partial charge on any atom is 0.410 e. The van der Waals surface area contributed by atoms with E-state index in [9.17, 15) is 4.79 Å². The van der Waals surface area contributed by atoms with Gasteiger partial charge in [-0.1, -0.05) is 23.2 Å². The van der Waals surface area contributed by atoms with Crippen molar-refractivity contribution in [2.75, 3.05) is 13.1 Å². The van der Waals surface area contributed by atoms with Gasteiger partial charge in [0.15, 0.2) is 0 Å². The molecule has 0 bridgehead atoms. The molecule has 0 atom stereocenters. The first-order chi connectivity index (χ1) is 21.1. The molecule has 1 aliphatic heterocycles. The maximum absolute atomic E-state index is 12.0. The molecular weight excluding hydrogens is 601 g/mol. The van der Waals surface area contributed by atoms with Gasteiger partial charge < -0.3 is 9.64 Å². The first-order valence-corrected chi connectivity index (χ1v) is 14.7. The van der Waals surface area contributed by atoms with Gasteiger partial charge in [0.05, 0.1) is 34.5 Å². The zero-order valence-corrected chi connectivity index (χ0v) is 25.8. The second kappa shape index (κ2) is 12.2. The second-order valence-electron chi connectivity index (χ2n) is 11.5. The number of ether oxygens (including phenoxy) is 1. The minimum absolute atomic E-state index is 0.252. The number of aromatic amines is 1. The van der Waals surface area contributed by atoms with Crippen molar-refractivity contribution in [3.63, 3.8) is 0 Å². The first kappa shape index (κ1) is 29.5. The molecular formula is C31H29Cl2N9O2. The van der Waals surface area contributed by atoms with Crippen molar-refractivity contribution < 1.29 is 9.53 Å². The molecule has 6 aromatic rings. The van der Waals surface area contributed by atoms with Crippen LogP contribution in [0.3, 0.4) is 0 Å². The molecule has 1 amide bonds. The monoisotopic (exact) mass is 629 g/mol. The van der Waals surface area contributed by atoms with Crippen molar-refractivity contribution in [3.8, 4) is 22.3 Å². The van der Waals surface area contributed by atoms with Crippen LogP contribution in [0.4, 0.5) is 4.79 Å². The number of nitrogens with zero attached hydrogens (tertiary/aromatic N) is 8. The third-order valence-corrected chi connectivity index (χ3v) is 7.28. The zero-order chi connectivity index (χ0) is 30.8. The Hall–Kier alpha value is -4.61. The van der Waals surface area contributed by atoms with Crippen LogP contribution in [0, 0.1) is 5.92 Å². The summed E-state index contributed by atoms with van der Waals surface area (Å²) in [6.45, 7) is 7.74. The third-order valence-electron chi connectivity index (χ3n) is 6.86. The molecule has 224 valence electrons. The Balaban J connectivity index is 0.000000181. The number of amides is 1. The zero-order valence-electron chi connectivity index (χ0n) is 24.3. The highest BCUT2D eigenvalue weighted by Crippen LogP contribution is 2.25. The molecule has 7 rings (SSSR count). The number of rotatable bonds is 4. The molecule has 44 heavy (non-hydrogen) atoms. The summed E-state index contributed by atoms with van der Waals surface area (Å²) in [7, 11) is 0. The van der Waals surface area contributed by atoms with Crippen molar-refractivity contribution in [2.45, 2.75) is 32.9 Å². The van der Waals surface area contributed by atoms with Crippen LogP contribution in [0.1, 0.15) is 20.8 Å². The number of aromatic nitrogens is 8. The summed E-state index contributed by atoms with van der Waals surface area (Å²) >= 11 is 11.8. The van der Waals surface area contributed by atoms with Crippen LogP contribution in [0.2, 0.25) is 10.3 Å². The molecule has 0 aliphatic carbocycles. The molecule has 0 radical (unpaired) electrons. The lowest BCUT2D eigenvalue weighted by Gasteiger charge is -2.39. The molecule has 1 saturated heterocycles. The van der Waals surface area contributed by atoms with Crippen molar-refractivity contribution in [3.05, 3.63) is 83.9 Å². The summed E-state index contributed by atoms with van der Waals surface area (Å²) in [5.74, 6) is 0.371. The van der Waals surface area contributed by atoms with Crippen LogP contribution in [-0.4, -0.2) is 69.6 Å². The number of likely N-dealkylation sites (tertiary alicyclic amines) is 1. The summed E-state index contributed by atoms with van der Waals surface area (Å²) in [6.07, 6.45) is 10.7. The number of carbonyl (C=O) groups is 1. The van der Waals surface area contributed by atoms with E-state index < -0.39 is 5.60 Å². The summed E-state index contributed by atoms with van der Waals surface area (Å²) in [5, 5.41) is 12.0. The van der Waals surface area contributed by atoms with E-state index in [4.69, 9.17) is 27.9 Å². The van der Waals surface area contributed by atoms with E-state index >= 15 is 0 Å². The number of hydrogen-bond donors (Lipinski definition) is 1. The smallest absolute Gasteiger partial charge is 0.410 e. The van der Waals surface area contributed by atoms with Gasteiger partial charge in [-0.15, -0.1) is 0 Å². The van der Waals surface area contributed by atoms with Crippen LogP contribution in [-0.2, 0) is 11.3 Å². The molecule has 13 heteroatoms. The molecule has 0 unspecified atom stereocenters. The van der Waals surface area contributed by atoms with Crippen molar-refractivity contribution in [1.29, 1.82) is 0 Å². The van der Waals surface area contributed by atoms with Crippen molar-refractivity contribution in [2.24, 2.45) is 5.92 Å².